The lowest BCUT2D eigenvalue weighted by atomic mass is 9.70. The monoisotopic (exact) mass is 790 g/mol. The van der Waals surface area contributed by atoms with E-state index in [4.69, 9.17) is 14.2 Å². The number of carbonyl (C=O) groups is 4. The number of hydrogen-bond acceptors (Lipinski definition) is 10. The number of nitrogens with one attached hydrogen (secondary N) is 1. The number of aliphatic hydroxyl groups is 1. The first kappa shape index (κ1) is 40.5. The highest BCUT2D eigenvalue weighted by atomic mass is 16.6. The summed E-state index contributed by atoms with van der Waals surface area (Å²) in [5, 5.41) is 22.5. The van der Waals surface area contributed by atoms with Crippen LogP contribution in [0.4, 0.5) is 0 Å². The molecule has 2 N–H and O–H groups in total. The Kier molecular flexibility index (Phi) is 12.5. The van der Waals surface area contributed by atoms with Crippen LogP contribution in [0, 0.1) is 11.8 Å². The molecule has 3 aliphatic heterocycles. The Labute approximate surface area is 337 Å². The van der Waals surface area contributed by atoms with Crippen molar-refractivity contribution < 1.29 is 38.5 Å². The third kappa shape index (κ3) is 7.79. The molecular weight excluding hydrogens is 741 g/mol. The molecule has 4 aromatic rings. The molecule has 4 heterocycles. The molecule has 3 saturated heterocycles. The second-order valence-electron chi connectivity index (χ2n) is 15.1. The van der Waals surface area contributed by atoms with Crippen molar-refractivity contribution in [3.8, 4) is 0 Å². The zero-order chi connectivity index (χ0) is 40.8. The van der Waals surface area contributed by atoms with Crippen LogP contribution in [-0.2, 0) is 46.5 Å². The molecule has 3 aliphatic rings. The lowest BCUT2D eigenvalue weighted by Crippen LogP contribution is -2.59. The fourth-order valence-corrected chi connectivity index (χ4v) is 9.02. The summed E-state index contributed by atoms with van der Waals surface area (Å²) >= 11 is 0. The predicted molar refractivity (Wildman–Crippen MR) is 213 cm³/mol. The number of methoxy groups -OCH3 is 1. The number of amides is 3. The first-order chi connectivity index (χ1) is 28.2. The summed E-state index contributed by atoms with van der Waals surface area (Å²) in [6.45, 7) is 7.32. The number of allylic oxidation sites excluding steroid dienone is 1. The number of aromatic nitrogens is 3. The first-order valence-electron chi connectivity index (χ1n) is 19.7. The molecule has 58 heavy (non-hydrogen) atoms. The van der Waals surface area contributed by atoms with Crippen molar-refractivity contribution in [3.05, 3.63) is 121 Å². The molecule has 3 aromatic carbocycles. The lowest BCUT2D eigenvalue weighted by molar-refractivity contribution is -0.163. The quantitative estimate of drug-likeness (QED) is 0.106. The summed E-state index contributed by atoms with van der Waals surface area (Å²) < 4.78 is 20.3. The maximum atomic E-state index is 15.2. The molecule has 14 heteroatoms. The summed E-state index contributed by atoms with van der Waals surface area (Å²) in [5.74, 6) is -4.01. The number of rotatable bonds is 19. The fourth-order valence-electron chi connectivity index (χ4n) is 9.02. The van der Waals surface area contributed by atoms with Gasteiger partial charge in [-0.1, -0.05) is 90.2 Å². The average Bonchev–Trinajstić information content (AvgIpc) is 4.00. The second kappa shape index (κ2) is 17.8. The number of hydrogen-bond donors (Lipinski definition) is 2. The molecule has 0 saturated carbocycles. The summed E-state index contributed by atoms with van der Waals surface area (Å²) in [6, 6.07) is 23.1. The number of fused-ring (bicyclic) bond motifs is 2. The molecular formula is C44H50N6O8. The average molecular weight is 791 g/mol. The van der Waals surface area contributed by atoms with E-state index in [1.807, 2.05) is 72.8 Å². The van der Waals surface area contributed by atoms with Crippen molar-refractivity contribution in [2.75, 3.05) is 26.9 Å². The van der Waals surface area contributed by atoms with Crippen molar-refractivity contribution in [2.45, 2.75) is 74.7 Å². The van der Waals surface area contributed by atoms with Gasteiger partial charge >= 0.3 is 5.97 Å². The maximum absolute atomic E-state index is 15.2. The predicted octanol–water partition coefficient (Wildman–Crippen LogP) is 3.76. The highest BCUT2D eigenvalue weighted by Gasteiger charge is 2.75. The number of para-hydroxylation sites is 1. The molecule has 1 spiro atoms. The Morgan fingerprint density at radius 2 is 1.78 bits per heavy atom. The van der Waals surface area contributed by atoms with Crippen molar-refractivity contribution in [3.63, 3.8) is 0 Å². The van der Waals surface area contributed by atoms with E-state index in [0.29, 0.717) is 30.3 Å². The van der Waals surface area contributed by atoms with Gasteiger partial charge in [-0.3, -0.25) is 19.2 Å². The van der Waals surface area contributed by atoms with E-state index in [0.717, 1.165) is 11.1 Å². The van der Waals surface area contributed by atoms with Crippen molar-refractivity contribution in [1.29, 1.82) is 0 Å². The Morgan fingerprint density at radius 1 is 1.05 bits per heavy atom. The van der Waals surface area contributed by atoms with Gasteiger partial charge in [0.25, 0.3) is 0 Å². The summed E-state index contributed by atoms with van der Waals surface area (Å²) in [7, 11) is 1.50. The fraction of sp³-hybridized carbons (Fsp3) is 0.409. The number of carbonyl (C=O) groups excluding carboxylic acids is 4. The minimum Gasteiger partial charge on any atom is -0.455 e. The Bertz CT molecular complexity index is 2110. The topological polar surface area (TPSA) is 165 Å². The van der Waals surface area contributed by atoms with Crippen LogP contribution in [0.1, 0.15) is 42.9 Å². The van der Waals surface area contributed by atoms with E-state index in [-0.39, 0.29) is 38.6 Å². The van der Waals surface area contributed by atoms with Crippen LogP contribution in [0.2, 0.25) is 0 Å². The molecule has 1 aromatic heterocycles. The molecule has 0 aliphatic carbocycles. The van der Waals surface area contributed by atoms with Gasteiger partial charge in [0.15, 0.2) is 0 Å². The zero-order valence-corrected chi connectivity index (χ0v) is 32.6. The zero-order valence-electron chi connectivity index (χ0n) is 32.6. The number of benzene rings is 3. The van der Waals surface area contributed by atoms with E-state index >= 15 is 9.59 Å². The second-order valence-corrected chi connectivity index (χ2v) is 15.1. The van der Waals surface area contributed by atoms with E-state index in [9.17, 15) is 14.7 Å². The Morgan fingerprint density at radius 3 is 2.48 bits per heavy atom. The molecule has 0 radical (unpaired) electrons. The van der Waals surface area contributed by atoms with Gasteiger partial charge in [0.2, 0.25) is 17.7 Å². The number of ether oxygens (including phenoxy) is 3. The van der Waals surface area contributed by atoms with Crippen molar-refractivity contribution in [1.82, 2.24) is 30.1 Å². The molecule has 304 valence electrons. The van der Waals surface area contributed by atoms with Gasteiger partial charge in [0, 0.05) is 20.1 Å². The lowest BCUT2D eigenvalue weighted by Gasteiger charge is -2.39. The van der Waals surface area contributed by atoms with Gasteiger partial charge in [-0.2, -0.15) is 0 Å². The molecule has 0 unspecified atom stereocenters. The van der Waals surface area contributed by atoms with Crippen LogP contribution in [0.15, 0.2) is 110 Å². The molecule has 3 amide bonds. The van der Waals surface area contributed by atoms with Crippen LogP contribution in [-0.4, -0.2) is 110 Å². The minimum atomic E-state index is -1.40. The van der Waals surface area contributed by atoms with E-state index in [1.165, 1.54) is 12.0 Å². The summed E-state index contributed by atoms with van der Waals surface area (Å²) in [6.07, 6.45) is 3.19. The van der Waals surface area contributed by atoms with Gasteiger partial charge in [0.05, 0.1) is 48.8 Å². The normalized spacial score (nSPS) is 23.6. The maximum Gasteiger partial charge on any atom is 0.313 e. The van der Waals surface area contributed by atoms with E-state index in [2.05, 4.69) is 28.8 Å². The number of nitrogens with zero attached hydrogens (tertiary/aromatic N) is 5. The SMILES string of the molecule is C=CCCC(=O)N[C@H](COC)[C@H](OC(=O)[C@@H]1[C@H]2C(=O)N([C@@H](CO)Cc3ccccc3)[C@H](C(=O)N(CC=C)Cn3nnc4ccccc43)[C@]23CC[C@H]1O3)c1ccccc1. The molecule has 7 rings (SSSR count). The third-order valence-corrected chi connectivity index (χ3v) is 11.6. The highest BCUT2D eigenvalue weighted by molar-refractivity contribution is 5.98. The highest BCUT2D eigenvalue weighted by Crippen LogP contribution is 2.59. The molecule has 8 atom stereocenters. The van der Waals surface area contributed by atoms with Gasteiger partial charge in [-0.15, -0.1) is 18.3 Å². The van der Waals surface area contributed by atoms with Gasteiger partial charge in [-0.25, -0.2) is 4.68 Å². The molecule has 3 fully saturated rings. The van der Waals surface area contributed by atoms with Gasteiger partial charge < -0.3 is 34.4 Å². The summed E-state index contributed by atoms with van der Waals surface area (Å²) in [4.78, 5) is 61.1. The number of esters is 1. The third-order valence-electron chi connectivity index (χ3n) is 11.6. The van der Waals surface area contributed by atoms with Crippen LogP contribution >= 0.6 is 0 Å². The largest absolute Gasteiger partial charge is 0.455 e. The van der Waals surface area contributed by atoms with Crippen LogP contribution < -0.4 is 5.32 Å². The Balaban J connectivity index is 1.25. The number of likely N-dealkylation sites (tertiary alicyclic amines) is 1. The van der Waals surface area contributed by atoms with Crippen molar-refractivity contribution in [2.24, 2.45) is 11.8 Å². The summed E-state index contributed by atoms with van der Waals surface area (Å²) in [5.41, 5.74) is 1.46. The number of aliphatic hydroxyl groups excluding tert-OH is 1. The smallest absolute Gasteiger partial charge is 0.313 e. The first-order valence-corrected chi connectivity index (χ1v) is 19.7. The Hall–Kier alpha value is -5.70. The van der Waals surface area contributed by atoms with E-state index in [1.54, 1.807) is 33.9 Å². The van der Waals surface area contributed by atoms with Crippen LogP contribution in [0.5, 0.6) is 0 Å². The van der Waals surface area contributed by atoms with E-state index < -0.39 is 72.2 Å². The molecule has 14 nitrogen and oxygen atoms in total. The van der Waals surface area contributed by atoms with Gasteiger partial charge in [0.1, 0.15) is 29.9 Å². The van der Waals surface area contributed by atoms with Crippen LogP contribution in [0.3, 0.4) is 0 Å². The standard InChI is InChI=1S/C44H50N6O8/c1-4-6-21-36(52)45-33(27-56-3)39(30-17-11-8-12-18-30)57-43(55)37-35-22-23-44(58-35)38(37)41(53)50(31(26-51)25-29-15-9-7-10-16-29)40(44)42(54)48(24-5-2)28-49-34-20-14-13-19-32(34)46-47-49/h4-5,7-20,31,33,35,37-40,51H,1-2,6,21-28H2,3H3,(H,45,52)/t31-,33-,35-,37+,38+,39-,40-,44+/m1/s1. The molecule has 2 bridgehead atoms. The van der Waals surface area contributed by atoms with Gasteiger partial charge in [-0.05, 0) is 48.9 Å². The van der Waals surface area contributed by atoms with Crippen molar-refractivity contribution >= 4 is 34.7 Å². The minimum absolute atomic E-state index is 0.000181. The van der Waals surface area contributed by atoms with Crippen LogP contribution in [0.25, 0.3) is 11.0 Å².